The number of carbonyl (C=O) groups is 2. The number of fused-ring (bicyclic) bond motifs is 1. The van der Waals surface area contributed by atoms with E-state index in [1.165, 1.54) is 6.08 Å². The highest BCUT2D eigenvalue weighted by atomic mass is 16.5. The molecule has 0 unspecified atom stereocenters. The maximum atomic E-state index is 12.5. The fourth-order valence-corrected chi connectivity index (χ4v) is 4.05. The Balaban J connectivity index is 1.74. The van der Waals surface area contributed by atoms with Gasteiger partial charge in [0, 0.05) is 52.9 Å². The van der Waals surface area contributed by atoms with Crippen molar-refractivity contribution in [2.24, 2.45) is 11.7 Å². The quantitative estimate of drug-likeness (QED) is 0.238. The van der Waals surface area contributed by atoms with Crippen LogP contribution in [0.1, 0.15) is 20.3 Å². The smallest absolute Gasteiger partial charge is 0.324 e. The molecule has 0 bridgehead atoms. The first-order valence-electron chi connectivity index (χ1n) is 12.1. The number of carbonyl (C=O) groups excluding carboxylic acids is 2. The molecule has 4 heterocycles. The van der Waals surface area contributed by atoms with Gasteiger partial charge in [-0.25, -0.2) is 9.97 Å². The fourth-order valence-electron chi connectivity index (χ4n) is 4.05. The van der Waals surface area contributed by atoms with Crippen LogP contribution >= 0.6 is 0 Å². The van der Waals surface area contributed by atoms with Crippen LogP contribution in [0.2, 0.25) is 0 Å². The molecule has 10 nitrogen and oxygen atoms in total. The van der Waals surface area contributed by atoms with Crippen molar-refractivity contribution in [3.8, 4) is 28.1 Å². The number of esters is 1. The van der Waals surface area contributed by atoms with Crippen molar-refractivity contribution in [3.63, 3.8) is 0 Å². The van der Waals surface area contributed by atoms with Gasteiger partial charge in [-0.05, 0) is 42.2 Å². The van der Waals surface area contributed by atoms with Crippen molar-refractivity contribution in [2.75, 3.05) is 12.4 Å². The van der Waals surface area contributed by atoms with Crippen molar-refractivity contribution in [2.45, 2.75) is 33.0 Å². The number of hydrogen-bond acceptors (Lipinski definition) is 8. The summed E-state index contributed by atoms with van der Waals surface area (Å²) < 4.78 is 12.6. The summed E-state index contributed by atoms with van der Waals surface area (Å²) in [5, 5.41) is 3.54. The number of pyridine rings is 3. The zero-order valence-electron chi connectivity index (χ0n) is 21.5. The normalized spacial score (nSPS) is 11.8. The highest BCUT2D eigenvalue weighted by Gasteiger charge is 2.19. The van der Waals surface area contributed by atoms with E-state index in [1.54, 1.807) is 42.5 Å². The lowest BCUT2D eigenvalue weighted by Crippen LogP contribution is -2.33. The van der Waals surface area contributed by atoms with E-state index in [1.807, 2.05) is 38.2 Å². The summed E-state index contributed by atoms with van der Waals surface area (Å²) in [6.45, 7) is 7.44. The Bertz CT molecular complexity index is 1480. The molecular formula is C28H30N6O4. The van der Waals surface area contributed by atoms with Crippen LogP contribution in [0, 0.1) is 5.92 Å². The molecule has 0 radical (unpaired) electrons. The molecule has 1 amide bonds. The van der Waals surface area contributed by atoms with Crippen molar-refractivity contribution < 1.29 is 19.1 Å². The molecule has 0 aliphatic rings. The number of nitrogens with two attached hydrogens (primary N) is 1. The first-order chi connectivity index (χ1) is 18.3. The van der Waals surface area contributed by atoms with Crippen molar-refractivity contribution >= 4 is 28.6 Å². The summed E-state index contributed by atoms with van der Waals surface area (Å²) in [4.78, 5) is 37.3. The molecular weight excluding hydrogens is 484 g/mol. The number of ether oxygens (including phenoxy) is 2. The lowest BCUT2D eigenvalue weighted by Gasteiger charge is -2.14. The summed E-state index contributed by atoms with van der Waals surface area (Å²) in [7, 11) is 1.56. The van der Waals surface area contributed by atoms with Crippen LogP contribution in [-0.4, -0.2) is 44.5 Å². The van der Waals surface area contributed by atoms with E-state index in [9.17, 15) is 9.59 Å². The van der Waals surface area contributed by atoms with Crippen LogP contribution in [0.4, 0.5) is 5.69 Å². The Labute approximate surface area is 220 Å². The molecule has 0 spiro atoms. The predicted molar refractivity (Wildman–Crippen MR) is 145 cm³/mol. The van der Waals surface area contributed by atoms with Gasteiger partial charge in [0.05, 0.1) is 19.0 Å². The molecule has 0 saturated carbocycles. The monoisotopic (exact) mass is 514 g/mol. The lowest BCUT2D eigenvalue weighted by atomic mass is 10.0. The third kappa shape index (κ3) is 6.04. The first kappa shape index (κ1) is 26.5. The largest absolute Gasteiger partial charge is 0.481 e. The molecule has 4 aromatic heterocycles. The van der Waals surface area contributed by atoms with Gasteiger partial charge in [-0.2, -0.15) is 0 Å². The average Bonchev–Trinajstić information content (AvgIpc) is 3.29. The van der Waals surface area contributed by atoms with E-state index in [0.717, 1.165) is 27.6 Å². The number of aromatic nitrogens is 4. The second kappa shape index (κ2) is 11.7. The van der Waals surface area contributed by atoms with E-state index in [-0.39, 0.29) is 18.6 Å². The number of anilines is 1. The van der Waals surface area contributed by atoms with Gasteiger partial charge in [0.1, 0.15) is 11.7 Å². The molecule has 0 aromatic carbocycles. The minimum atomic E-state index is -0.693. The second-order valence-corrected chi connectivity index (χ2v) is 9.18. The zero-order chi connectivity index (χ0) is 27.2. The topological polar surface area (TPSA) is 134 Å². The Hall–Kier alpha value is -4.57. The van der Waals surface area contributed by atoms with Gasteiger partial charge in [-0.3, -0.25) is 19.1 Å². The minimum absolute atomic E-state index is 0.0413. The number of rotatable bonds is 10. The first-order valence-corrected chi connectivity index (χ1v) is 12.1. The summed E-state index contributed by atoms with van der Waals surface area (Å²) in [5.74, 6) is -0.0511. The fraction of sp³-hybridized carbons (Fsp3) is 0.250. The van der Waals surface area contributed by atoms with E-state index >= 15 is 0 Å². The van der Waals surface area contributed by atoms with E-state index in [2.05, 4.69) is 26.8 Å². The van der Waals surface area contributed by atoms with E-state index in [0.29, 0.717) is 23.6 Å². The summed E-state index contributed by atoms with van der Waals surface area (Å²) in [6, 6.07) is 6.78. The Morgan fingerprint density at radius 2 is 1.92 bits per heavy atom. The highest BCUT2D eigenvalue weighted by Crippen LogP contribution is 2.34. The van der Waals surface area contributed by atoms with E-state index in [4.69, 9.17) is 15.2 Å². The van der Waals surface area contributed by atoms with Gasteiger partial charge >= 0.3 is 5.97 Å². The number of amides is 1. The molecule has 0 fully saturated rings. The number of nitrogens with zero attached hydrogens (tertiary/aromatic N) is 4. The van der Waals surface area contributed by atoms with Crippen LogP contribution in [0.3, 0.4) is 0 Å². The highest BCUT2D eigenvalue weighted by molar-refractivity contribution is 5.99. The standard InChI is InChI=1S/C28H30N6O4/c1-5-25(35)33-21-9-19(12-30-14-21)20-10-22-23(18-6-7-31-26(11-18)37-4)15-34(27(22)32-13-20)16-38-28(36)24(29)8-17(2)3/h5-7,9-15,17,24H,1,8,16,29H2,2-4H3,(H,33,35)/t24-/m0/s1. The van der Waals surface area contributed by atoms with Crippen molar-refractivity contribution in [3.05, 3.63) is 67.9 Å². The molecule has 3 N–H and O–H groups in total. The second-order valence-electron chi connectivity index (χ2n) is 9.18. The molecule has 4 rings (SSSR count). The summed E-state index contributed by atoms with van der Waals surface area (Å²) in [5.41, 5.74) is 10.4. The molecule has 10 heteroatoms. The molecule has 196 valence electrons. The van der Waals surface area contributed by atoms with Crippen molar-refractivity contribution in [1.29, 1.82) is 0 Å². The maximum absolute atomic E-state index is 12.5. The van der Waals surface area contributed by atoms with Gasteiger partial charge < -0.3 is 20.5 Å². The van der Waals surface area contributed by atoms with Gasteiger partial charge in [0.25, 0.3) is 0 Å². The molecule has 0 aliphatic carbocycles. The average molecular weight is 515 g/mol. The SMILES string of the molecule is C=CC(=O)Nc1cncc(-c2cnc3c(c2)c(-c2ccnc(OC)c2)cn3COC(=O)[C@@H](N)CC(C)C)c1. The molecule has 0 aliphatic heterocycles. The third-order valence-corrected chi connectivity index (χ3v) is 5.87. The third-order valence-electron chi connectivity index (χ3n) is 5.87. The van der Waals surface area contributed by atoms with Crippen molar-refractivity contribution in [1.82, 2.24) is 19.5 Å². The predicted octanol–water partition coefficient (Wildman–Crippen LogP) is 4.17. The van der Waals surface area contributed by atoms with Crippen LogP contribution in [-0.2, 0) is 21.1 Å². The van der Waals surface area contributed by atoms with Crippen LogP contribution in [0.5, 0.6) is 5.88 Å². The van der Waals surface area contributed by atoms with Crippen LogP contribution in [0.25, 0.3) is 33.3 Å². The number of hydrogen-bond donors (Lipinski definition) is 2. The van der Waals surface area contributed by atoms with Crippen LogP contribution < -0.4 is 15.8 Å². The molecule has 1 atom stereocenters. The molecule has 0 saturated heterocycles. The number of methoxy groups -OCH3 is 1. The van der Waals surface area contributed by atoms with Crippen LogP contribution in [0.15, 0.2) is 67.9 Å². The molecule has 4 aromatic rings. The molecule has 38 heavy (non-hydrogen) atoms. The van der Waals surface area contributed by atoms with Gasteiger partial charge in [-0.15, -0.1) is 0 Å². The Morgan fingerprint density at radius 3 is 2.66 bits per heavy atom. The maximum Gasteiger partial charge on any atom is 0.324 e. The minimum Gasteiger partial charge on any atom is -0.481 e. The Morgan fingerprint density at radius 1 is 1.13 bits per heavy atom. The lowest BCUT2D eigenvalue weighted by molar-refractivity contribution is -0.149. The Kier molecular flexibility index (Phi) is 8.12. The van der Waals surface area contributed by atoms with Gasteiger partial charge in [-0.1, -0.05) is 20.4 Å². The van der Waals surface area contributed by atoms with E-state index < -0.39 is 12.0 Å². The number of nitrogens with one attached hydrogen (secondary N) is 1. The summed E-state index contributed by atoms with van der Waals surface area (Å²) >= 11 is 0. The zero-order valence-corrected chi connectivity index (χ0v) is 21.5. The summed E-state index contributed by atoms with van der Waals surface area (Å²) in [6.07, 6.45) is 10.2. The van der Waals surface area contributed by atoms with Gasteiger partial charge in [0.15, 0.2) is 6.73 Å². The van der Waals surface area contributed by atoms with Gasteiger partial charge in [0.2, 0.25) is 11.8 Å².